The van der Waals surface area contributed by atoms with Crippen LogP contribution in [0.25, 0.3) is 0 Å². The van der Waals surface area contributed by atoms with Crippen molar-refractivity contribution in [2.24, 2.45) is 11.7 Å². The van der Waals surface area contributed by atoms with E-state index in [4.69, 9.17) is 5.73 Å². The Morgan fingerprint density at radius 3 is 2.56 bits per heavy atom. The molecule has 0 spiro atoms. The summed E-state index contributed by atoms with van der Waals surface area (Å²) in [4.78, 5) is 23.5. The number of aromatic nitrogens is 1. The Labute approximate surface area is 98.2 Å². The van der Waals surface area contributed by atoms with Crippen LogP contribution in [-0.4, -0.2) is 16.2 Å². The fourth-order valence-corrected chi connectivity index (χ4v) is 1.92. The molecule has 3 N–H and O–H groups in total. The Balaban J connectivity index is 3.01. The number of nitrogens with two attached hydrogens (primary N) is 1. The van der Waals surface area contributed by atoms with Gasteiger partial charge >= 0.3 is 0 Å². The summed E-state index contributed by atoms with van der Waals surface area (Å²) in [5, 5.41) is 2.61. The minimum absolute atomic E-state index is 0.160. The van der Waals surface area contributed by atoms with E-state index in [9.17, 15) is 9.59 Å². The SMILES string of the molecule is CCc1snc(NC(=O)C(C)C)c1C(N)=O. The van der Waals surface area contributed by atoms with E-state index in [-0.39, 0.29) is 17.6 Å². The van der Waals surface area contributed by atoms with Gasteiger partial charge in [0.05, 0.1) is 5.56 Å². The van der Waals surface area contributed by atoms with Crippen molar-refractivity contribution >= 4 is 29.2 Å². The maximum Gasteiger partial charge on any atom is 0.253 e. The minimum Gasteiger partial charge on any atom is -0.365 e. The molecule has 0 unspecified atom stereocenters. The molecule has 0 saturated heterocycles. The average molecular weight is 241 g/mol. The number of primary amides is 1. The zero-order chi connectivity index (χ0) is 12.3. The van der Waals surface area contributed by atoms with Crippen molar-refractivity contribution in [3.63, 3.8) is 0 Å². The van der Waals surface area contributed by atoms with Gasteiger partial charge < -0.3 is 11.1 Å². The largest absolute Gasteiger partial charge is 0.365 e. The maximum atomic E-state index is 11.5. The zero-order valence-electron chi connectivity index (χ0n) is 9.53. The molecule has 0 bridgehead atoms. The van der Waals surface area contributed by atoms with Gasteiger partial charge in [0, 0.05) is 10.8 Å². The number of aryl methyl sites for hydroxylation is 1. The van der Waals surface area contributed by atoms with E-state index in [1.165, 1.54) is 11.5 Å². The Bertz CT molecular complexity index is 412. The predicted octanol–water partition coefficient (Wildman–Crippen LogP) is 1.40. The number of carbonyl (C=O) groups excluding carboxylic acids is 2. The number of nitrogens with one attached hydrogen (secondary N) is 1. The molecule has 5 nitrogen and oxygen atoms in total. The molecular weight excluding hydrogens is 226 g/mol. The van der Waals surface area contributed by atoms with Crippen LogP contribution < -0.4 is 11.1 Å². The second-order valence-electron chi connectivity index (χ2n) is 3.69. The van der Waals surface area contributed by atoms with Crippen LogP contribution >= 0.6 is 11.5 Å². The third kappa shape index (κ3) is 2.57. The molecule has 0 radical (unpaired) electrons. The van der Waals surface area contributed by atoms with Crippen LogP contribution in [0.4, 0.5) is 5.82 Å². The number of hydrogen-bond acceptors (Lipinski definition) is 4. The molecule has 16 heavy (non-hydrogen) atoms. The molecule has 0 aliphatic rings. The first kappa shape index (κ1) is 12.6. The number of rotatable bonds is 4. The number of anilines is 1. The van der Waals surface area contributed by atoms with Crippen molar-refractivity contribution < 1.29 is 9.59 Å². The van der Waals surface area contributed by atoms with Gasteiger partial charge in [0.15, 0.2) is 5.82 Å². The lowest BCUT2D eigenvalue weighted by atomic mass is 10.2. The van der Waals surface area contributed by atoms with Gasteiger partial charge in [-0.2, -0.15) is 4.37 Å². The van der Waals surface area contributed by atoms with E-state index in [1.807, 2.05) is 6.92 Å². The van der Waals surface area contributed by atoms with Crippen molar-refractivity contribution in [2.75, 3.05) is 5.32 Å². The van der Waals surface area contributed by atoms with Crippen LogP contribution in [-0.2, 0) is 11.2 Å². The summed E-state index contributed by atoms with van der Waals surface area (Å²) in [5.41, 5.74) is 5.60. The van der Waals surface area contributed by atoms with Crippen molar-refractivity contribution in [1.29, 1.82) is 0 Å². The molecule has 1 aromatic rings. The van der Waals surface area contributed by atoms with Crippen LogP contribution in [0, 0.1) is 5.92 Å². The summed E-state index contributed by atoms with van der Waals surface area (Å²) in [5.74, 6) is -0.597. The average Bonchev–Trinajstić information content (AvgIpc) is 2.60. The molecule has 2 amide bonds. The summed E-state index contributed by atoms with van der Waals surface area (Å²) in [6.07, 6.45) is 0.674. The first-order valence-corrected chi connectivity index (χ1v) is 5.83. The highest BCUT2D eigenvalue weighted by molar-refractivity contribution is 7.06. The van der Waals surface area contributed by atoms with Crippen molar-refractivity contribution in [3.05, 3.63) is 10.4 Å². The topological polar surface area (TPSA) is 85.1 Å². The van der Waals surface area contributed by atoms with E-state index in [0.717, 1.165) is 4.88 Å². The van der Waals surface area contributed by atoms with Gasteiger partial charge in [-0.3, -0.25) is 9.59 Å². The van der Waals surface area contributed by atoms with Crippen LogP contribution in [0.2, 0.25) is 0 Å². The summed E-state index contributed by atoms with van der Waals surface area (Å²) in [6.45, 7) is 5.45. The zero-order valence-corrected chi connectivity index (χ0v) is 10.4. The van der Waals surface area contributed by atoms with Crippen LogP contribution in [0.5, 0.6) is 0 Å². The Hall–Kier alpha value is -1.43. The molecule has 0 atom stereocenters. The molecule has 0 aliphatic carbocycles. The molecule has 88 valence electrons. The van der Waals surface area contributed by atoms with E-state index >= 15 is 0 Å². The van der Waals surface area contributed by atoms with Gasteiger partial charge in [-0.1, -0.05) is 20.8 Å². The predicted molar refractivity (Wildman–Crippen MR) is 63.5 cm³/mol. The van der Waals surface area contributed by atoms with Gasteiger partial charge in [-0.05, 0) is 18.0 Å². The molecule has 0 saturated carbocycles. The standard InChI is InChI=1S/C10H15N3O2S/c1-4-6-7(8(11)14)9(13-16-6)12-10(15)5(2)3/h5H,4H2,1-3H3,(H2,11,14)(H,12,13,15). The summed E-state index contributed by atoms with van der Waals surface area (Å²) >= 11 is 1.19. The Morgan fingerprint density at radius 1 is 1.50 bits per heavy atom. The van der Waals surface area contributed by atoms with Crippen LogP contribution in [0.15, 0.2) is 0 Å². The van der Waals surface area contributed by atoms with Gasteiger partial charge in [-0.15, -0.1) is 0 Å². The van der Waals surface area contributed by atoms with Gasteiger partial charge in [0.1, 0.15) is 0 Å². The lowest BCUT2D eigenvalue weighted by Gasteiger charge is -2.06. The fraction of sp³-hybridized carbons (Fsp3) is 0.500. The van der Waals surface area contributed by atoms with E-state index < -0.39 is 5.91 Å². The van der Waals surface area contributed by atoms with Crippen LogP contribution in [0.3, 0.4) is 0 Å². The van der Waals surface area contributed by atoms with E-state index in [1.54, 1.807) is 13.8 Å². The maximum absolute atomic E-state index is 11.5. The highest BCUT2D eigenvalue weighted by Crippen LogP contribution is 2.23. The smallest absolute Gasteiger partial charge is 0.253 e. The number of amides is 2. The molecule has 0 aliphatic heterocycles. The van der Waals surface area contributed by atoms with Gasteiger partial charge in [-0.25, -0.2) is 0 Å². The Morgan fingerprint density at radius 2 is 2.12 bits per heavy atom. The third-order valence-electron chi connectivity index (χ3n) is 2.10. The van der Waals surface area contributed by atoms with E-state index in [0.29, 0.717) is 12.0 Å². The molecule has 0 aromatic carbocycles. The normalized spacial score (nSPS) is 10.5. The van der Waals surface area contributed by atoms with Gasteiger partial charge in [0.2, 0.25) is 5.91 Å². The lowest BCUT2D eigenvalue weighted by Crippen LogP contribution is -2.21. The van der Waals surface area contributed by atoms with Crippen LogP contribution in [0.1, 0.15) is 36.0 Å². The van der Waals surface area contributed by atoms with E-state index in [2.05, 4.69) is 9.69 Å². The van der Waals surface area contributed by atoms with Gasteiger partial charge in [0.25, 0.3) is 5.91 Å². The first-order valence-electron chi connectivity index (χ1n) is 5.06. The monoisotopic (exact) mass is 241 g/mol. The van der Waals surface area contributed by atoms with Crippen molar-refractivity contribution in [1.82, 2.24) is 4.37 Å². The molecule has 1 heterocycles. The lowest BCUT2D eigenvalue weighted by molar-refractivity contribution is -0.118. The Kier molecular flexibility index (Phi) is 4.00. The third-order valence-corrected chi connectivity index (χ3v) is 3.08. The molecule has 1 rings (SSSR count). The van der Waals surface area contributed by atoms with Crippen molar-refractivity contribution in [2.45, 2.75) is 27.2 Å². The van der Waals surface area contributed by atoms with Crippen molar-refractivity contribution in [3.8, 4) is 0 Å². The summed E-state index contributed by atoms with van der Waals surface area (Å²) < 4.78 is 4.04. The summed E-state index contributed by atoms with van der Waals surface area (Å²) in [7, 11) is 0. The number of carbonyl (C=O) groups is 2. The second kappa shape index (κ2) is 5.07. The quantitative estimate of drug-likeness (QED) is 0.835. The highest BCUT2D eigenvalue weighted by atomic mass is 32.1. The minimum atomic E-state index is -0.551. The highest BCUT2D eigenvalue weighted by Gasteiger charge is 2.19. The summed E-state index contributed by atoms with van der Waals surface area (Å²) in [6, 6.07) is 0. The molecular formula is C10H15N3O2S. The number of nitrogens with zero attached hydrogens (tertiary/aromatic N) is 1. The molecule has 6 heteroatoms. The fourth-order valence-electron chi connectivity index (χ4n) is 1.17. The second-order valence-corrected chi connectivity index (χ2v) is 4.55. The number of hydrogen-bond donors (Lipinski definition) is 2. The molecule has 1 aromatic heterocycles. The molecule has 0 fully saturated rings. The first-order chi connectivity index (χ1) is 7.47.